The van der Waals surface area contributed by atoms with Crippen molar-refractivity contribution >= 4 is 16.7 Å². The molecule has 112 valence electrons. The molecule has 2 aromatic carbocycles. The predicted molar refractivity (Wildman–Crippen MR) is 83.7 cm³/mol. The molecule has 0 aliphatic rings. The van der Waals surface area contributed by atoms with E-state index in [1.807, 2.05) is 13.8 Å². The van der Waals surface area contributed by atoms with E-state index in [0.717, 1.165) is 6.42 Å². The third kappa shape index (κ3) is 3.22. The molecule has 0 radical (unpaired) electrons. The number of amides is 1. The lowest BCUT2D eigenvalue weighted by atomic mass is 9.93. The monoisotopic (exact) mass is 288 g/mol. The van der Waals surface area contributed by atoms with Crippen LogP contribution in [0, 0.1) is 5.82 Å². The number of benzene rings is 2. The lowest BCUT2D eigenvalue weighted by Gasteiger charge is -2.29. The molecule has 1 unspecified atom stereocenters. The lowest BCUT2D eigenvalue weighted by Crippen LogP contribution is -2.46. The van der Waals surface area contributed by atoms with Crippen LogP contribution < -0.4 is 11.1 Å². The molecule has 0 bridgehead atoms. The van der Waals surface area contributed by atoms with E-state index < -0.39 is 0 Å². The van der Waals surface area contributed by atoms with Crippen molar-refractivity contribution in [2.75, 3.05) is 6.54 Å². The van der Waals surface area contributed by atoms with E-state index in [0.29, 0.717) is 29.3 Å². The van der Waals surface area contributed by atoms with Gasteiger partial charge >= 0.3 is 0 Å². The first-order valence-corrected chi connectivity index (χ1v) is 7.20. The number of fused-ring (bicyclic) bond motifs is 1. The zero-order valence-corrected chi connectivity index (χ0v) is 12.4. The molecule has 1 amide bonds. The molecule has 0 aliphatic carbocycles. The quantitative estimate of drug-likeness (QED) is 0.887. The van der Waals surface area contributed by atoms with Crippen molar-refractivity contribution in [3.8, 4) is 0 Å². The first-order chi connectivity index (χ1) is 10.0. The van der Waals surface area contributed by atoms with Gasteiger partial charge in [-0.05, 0) is 43.8 Å². The van der Waals surface area contributed by atoms with Gasteiger partial charge in [0.15, 0.2) is 0 Å². The minimum atomic E-state index is -0.346. The first-order valence-electron chi connectivity index (χ1n) is 7.20. The van der Waals surface area contributed by atoms with Gasteiger partial charge in [-0.3, -0.25) is 4.79 Å². The highest BCUT2D eigenvalue weighted by molar-refractivity contribution is 6.07. The van der Waals surface area contributed by atoms with Crippen molar-refractivity contribution in [3.05, 3.63) is 47.8 Å². The Hall–Kier alpha value is -1.94. The highest BCUT2D eigenvalue weighted by Gasteiger charge is 2.24. The average Bonchev–Trinajstić information content (AvgIpc) is 2.48. The number of hydrogen-bond acceptors (Lipinski definition) is 2. The summed E-state index contributed by atoms with van der Waals surface area (Å²) in [5, 5.41) is 4.12. The van der Waals surface area contributed by atoms with E-state index >= 15 is 0 Å². The number of hydrogen-bond donors (Lipinski definition) is 2. The van der Waals surface area contributed by atoms with Gasteiger partial charge in [-0.2, -0.15) is 0 Å². The zero-order chi connectivity index (χ0) is 15.5. The predicted octanol–water partition coefficient (Wildman–Crippen LogP) is 3.23. The summed E-state index contributed by atoms with van der Waals surface area (Å²) in [5.74, 6) is -0.508. The summed E-state index contributed by atoms with van der Waals surface area (Å²) in [4.78, 5) is 12.5. The smallest absolute Gasteiger partial charge is 0.252 e. The Morgan fingerprint density at radius 3 is 2.52 bits per heavy atom. The van der Waals surface area contributed by atoms with E-state index in [9.17, 15) is 9.18 Å². The highest BCUT2D eigenvalue weighted by atomic mass is 19.1. The minimum Gasteiger partial charge on any atom is -0.347 e. The van der Waals surface area contributed by atoms with Crippen LogP contribution in [-0.4, -0.2) is 18.0 Å². The maximum Gasteiger partial charge on any atom is 0.252 e. The Kier molecular flexibility index (Phi) is 4.58. The largest absolute Gasteiger partial charge is 0.347 e. The van der Waals surface area contributed by atoms with Crippen LogP contribution >= 0.6 is 0 Å². The van der Waals surface area contributed by atoms with Gasteiger partial charge in [-0.1, -0.05) is 31.2 Å². The van der Waals surface area contributed by atoms with Gasteiger partial charge in [0.2, 0.25) is 0 Å². The maximum atomic E-state index is 13.8. The van der Waals surface area contributed by atoms with Crippen LogP contribution in [0.25, 0.3) is 10.8 Å². The van der Waals surface area contributed by atoms with Crippen LogP contribution in [0.4, 0.5) is 4.39 Å². The van der Waals surface area contributed by atoms with Crippen LogP contribution in [0.1, 0.15) is 37.0 Å². The minimum absolute atomic E-state index is 0.191. The molecule has 0 heterocycles. The van der Waals surface area contributed by atoms with E-state index in [1.54, 1.807) is 24.3 Å². The van der Waals surface area contributed by atoms with Gasteiger partial charge in [0.25, 0.3) is 5.91 Å². The SMILES string of the molecule is CCC(C)(CCN)NC(=O)c1ccc(F)c2ccccc12. The van der Waals surface area contributed by atoms with Gasteiger partial charge in [0.05, 0.1) is 0 Å². The van der Waals surface area contributed by atoms with Crippen LogP contribution in [0.5, 0.6) is 0 Å². The average molecular weight is 288 g/mol. The number of rotatable bonds is 5. The Morgan fingerprint density at radius 2 is 1.90 bits per heavy atom. The number of carbonyl (C=O) groups is 1. The van der Waals surface area contributed by atoms with E-state index in [4.69, 9.17) is 5.73 Å². The van der Waals surface area contributed by atoms with E-state index in [-0.39, 0.29) is 17.3 Å². The molecule has 0 saturated carbocycles. The Bertz CT molecular complexity index is 656. The van der Waals surface area contributed by atoms with Crippen molar-refractivity contribution in [2.24, 2.45) is 5.73 Å². The fourth-order valence-electron chi connectivity index (χ4n) is 2.45. The number of carbonyl (C=O) groups excluding carboxylic acids is 1. The Morgan fingerprint density at radius 1 is 1.24 bits per heavy atom. The molecule has 0 spiro atoms. The molecular weight excluding hydrogens is 267 g/mol. The van der Waals surface area contributed by atoms with Crippen molar-refractivity contribution in [1.82, 2.24) is 5.32 Å². The highest BCUT2D eigenvalue weighted by Crippen LogP contribution is 2.23. The second-order valence-electron chi connectivity index (χ2n) is 5.55. The molecule has 0 aromatic heterocycles. The summed E-state index contributed by atoms with van der Waals surface area (Å²) in [5.41, 5.74) is 5.76. The summed E-state index contributed by atoms with van der Waals surface area (Å²) < 4.78 is 13.8. The summed E-state index contributed by atoms with van der Waals surface area (Å²) in [6.45, 7) is 4.50. The second-order valence-corrected chi connectivity index (χ2v) is 5.55. The molecule has 2 rings (SSSR count). The first kappa shape index (κ1) is 15.4. The summed E-state index contributed by atoms with van der Waals surface area (Å²) in [7, 11) is 0. The molecule has 2 aromatic rings. The Labute approximate surface area is 124 Å². The molecule has 3 N–H and O–H groups in total. The van der Waals surface area contributed by atoms with Gasteiger partial charge in [0.1, 0.15) is 5.82 Å². The fraction of sp³-hybridized carbons (Fsp3) is 0.353. The topological polar surface area (TPSA) is 55.1 Å². The molecule has 1 atom stereocenters. The number of nitrogens with one attached hydrogen (secondary N) is 1. The van der Waals surface area contributed by atoms with E-state index in [2.05, 4.69) is 5.32 Å². The van der Waals surface area contributed by atoms with Crippen LogP contribution in [0.15, 0.2) is 36.4 Å². The lowest BCUT2D eigenvalue weighted by molar-refractivity contribution is 0.0901. The van der Waals surface area contributed by atoms with Crippen LogP contribution in [-0.2, 0) is 0 Å². The summed E-state index contributed by atoms with van der Waals surface area (Å²) in [6, 6.07) is 9.88. The van der Waals surface area contributed by atoms with Gasteiger partial charge in [0, 0.05) is 16.5 Å². The molecule has 0 saturated heterocycles. The molecule has 0 aliphatic heterocycles. The van der Waals surface area contributed by atoms with Gasteiger partial charge in [-0.25, -0.2) is 4.39 Å². The maximum absolute atomic E-state index is 13.8. The second kappa shape index (κ2) is 6.22. The number of halogens is 1. The summed E-state index contributed by atoms with van der Waals surface area (Å²) in [6.07, 6.45) is 1.49. The molecule has 4 heteroatoms. The van der Waals surface area contributed by atoms with Crippen molar-refractivity contribution in [1.29, 1.82) is 0 Å². The summed E-state index contributed by atoms with van der Waals surface area (Å²) >= 11 is 0. The van der Waals surface area contributed by atoms with Crippen molar-refractivity contribution < 1.29 is 9.18 Å². The molecule has 3 nitrogen and oxygen atoms in total. The van der Waals surface area contributed by atoms with Gasteiger partial charge in [-0.15, -0.1) is 0 Å². The third-order valence-corrected chi connectivity index (χ3v) is 4.01. The molecular formula is C17H21FN2O. The molecule has 21 heavy (non-hydrogen) atoms. The van der Waals surface area contributed by atoms with E-state index in [1.165, 1.54) is 12.1 Å². The number of nitrogens with two attached hydrogens (primary N) is 1. The van der Waals surface area contributed by atoms with Crippen molar-refractivity contribution in [2.45, 2.75) is 32.2 Å². The normalized spacial score (nSPS) is 13.9. The molecule has 0 fully saturated rings. The fourth-order valence-corrected chi connectivity index (χ4v) is 2.45. The van der Waals surface area contributed by atoms with Gasteiger partial charge < -0.3 is 11.1 Å². The van der Waals surface area contributed by atoms with Crippen LogP contribution in [0.3, 0.4) is 0 Å². The van der Waals surface area contributed by atoms with Crippen molar-refractivity contribution in [3.63, 3.8) is 0 Å². The third-order valence-electron chi connectivity index (χ3n) is 4.01. The Balaban J connectivity index is 2.38. The van der Waals surface area contributed by atoms with Crippen LogP contribution in [0.2, 0.25) is 0 Å². The standard InChI is InChI=1S/C17H21FN2O/c1-3-17(2,10-11-19)20-16(21)14-8-9-15(18)13-7-5-4-6-12(13)14/h4-9H,3,10-11,19H2,1-2H3,(H,20,21). The zero-order valence-electron chi connectivity index (χ0n) is 12.4.